The Labute approximate surface area is 76.9 Å². The molecule has 1 radical (unpaired) electrons. The lowest BCUT2D eigenvalue weighted by atomic mass is 10.2. The van der Waals surface area contributed by atoms with E-state index < -0.39 is 15.6 Å². The summed E-state index contributed by atoms with van der Waals surface area (Å²) in [5.74, 6) is -0.444. The number of rotatable bonds is 1. The Hall–Kier alpha value is -1.23. The average molecular weight is 200 g/mol. The van der Waals surface area contributed by atoms with Crippen molar-refractivity contribution in [3.63, 3.8) is 0 Å². The molecular formula is C8H10NO3S. The molecule has 0 aliphatic rings. The molecular weight excluding hydrogens is 190 g/mol. The second-order valence-corrected chi connectivity index (χ2v) is 4.93. The Kier molecular flexibility index (Phi) is 2.21. The van der Waals surface area contributed by atoms with Gasteiger partial charge in [-0.3, -0.25) is 5.11 Å². The molecule has 2 N–H and O–H groups in total. The fourth-order valence-corrected chi connectivity index (χ4v) is 1.94. The summed E-state index contributed by atoms with van der Waals surface area (Å²) in [4.78, 5) is -0.0856. The third-order valence-corrected chi connectivity index (χ3v) is 2.78. The van der Waals surface area contributed by atoms with E-state index in [9.17, 15) is 13.5 Å². The second kappa shape index (κ2) is 2.92. The van der Waals surface area contributed by atoms with Gasteiger partial charge in [0.2, 0.25) is 5.75 Å². The number of anilines is 1. The number of nitrogens with two attached hydrogens (primary N) is 1. The van der Waals surface area contributed by atoms with Crippen molar-refractivity contribution in [3.05, 3.63) is 17.7 Å². The Bertz CT molecular complexity index is 437. The highest BCUT2D eigenvalue weighted by Gasteiger charge is 2.15. The molecule has 0 unspecified atom stereocenters. The SMILES string of the molecule is Cc1cc([O])c(N)c(S(C)(=O)=O)c1. The minimum absolute atomic E-state index is 0.0856. The normalized spacial score (nSPS) is 11.5. The predicted octanol–water partition coefficient (Wildman–Crippen LogP) is 1.12. The van der Waals surface area contributed by atoms with Gasteiger partial charge in [-0.25, -0.2) is 8.42 Å². The van der Waals surface area contributed by atoms with Gasteiger partial charge in [-0.05, 0) is 24.6 Å². The van der Waals surface area contributed by atoms with E-state index in [1.54, 1.807) is 6.92 Å². The van der Waals surface area contributed by atoms with E-state index in [1.165, 1.54) is 12.1 Å². The van der Waals surface area contributed by atoms with Gasteiger partial charge in [0.25, 0.3) is 0 Å². The smallest absolute Gasteiger partial charge is 0.203 e. The third-order valence-electron chi connectivity index (χ3n) is 1.65. The van der Waals surface area contributed by atoms with E-state index in [4.69, 9.17) is 5.73 Å². The fraction of sp³-hybridized carbons (Fsp3) is 0.250. The lowest BCUT2D eigenvalue weighted by Gasteiger charge is -2.04. The van der Waals surface area contributed by atoms with Gasteiger partial charge in [-0.1, -0.05) is 0 Å². The number of hydrogen-bond acceptors (Lipinski definition) is 3. The first-order valence-corrected chi connectivity index (χ1v) is 5.48. The summed E-state index contributed by atoms with van der Waals surface area (Å²) in [5, 5.41) is 11.1. The molecule has 0 aliphatic carbocycles. The molecule has 0 spiro atoms. The van der Waals surface area contributed by atoms with Crippen molar-refractivity contribution in [2.45, 2.75) is 11.8 Å². The minimum atomic E-state index is -3.40. The first-order valence-electron chi connectivity index (χ1n) is 3.59. The average Bonchev–Trinajstić information content (AvgIpc) is 1.94. The van der Waals surface area contributed by atoms with E-state index in [0.29, 0.717) is 5.56 Å². The highest BCUT2D eigenvalue weighted by atomic mass is 32.2. The topological polar surface area (TPSA) is 80.1 Å². The molecule has 13 heavy (non-hydrogen) atoms. The summed E-state index contributed by atoms with van der Waals surface area (Å²) in [6.07, 6.45) is 1.03. The predicted molar refractivity (Wildman–Crippen MR) is 48.8 cm³/mol. The molecule has 0 saturated heterocycles. The first kappa shape index (κ1) is 9.85. The van der Waals surface area contributed by atoms with E-state index in [0.717, 1.165) is 6.26 Å². The Morgan fingerprint density at radius 1 is 1.31 bits per heavy atom. The Morgan fingerprint density at radius 3 is 2.31 bits per heavy atom. The summed E-state index contributed by atoms with van der Waals surface area (Å²) in [6.45, 7) is 1.65. The van der Waals surface area contributed by atoms with Crippen molar-refractivity contribution in [3.8, 4) is 5.75 Å². The fourth-order valence-electron chi connectivity index (χ4n) is 1.04. The third kappa shape index (κ3) is 1.92. The summed E-state index contributed by atoms with van der Waals surface area (Å²) in [6, 6.07) is 2.70. The molecule has 0 saturated carbocycles. The van der Waals surface area contributed by atoms with Crippen LogP contribution in [0.1, 0.15) is 5.56 Å². The molecule has 0 aliphatic heterocycles. The molecule has 0 bridgehead atoms. The van der Waals surface area contributed by atoms with Crippen molar-refractivity contribution < 1.29 is 13.5 Å². The highest BCUT2D eigenvalue weighted by Crippen LogP contribution is 2.29. The Balaban J connectivity index is 3.56. The van der Waals surface area contributed by atoms with Crippen LogP contribution in [0.2, 0.25) is 0 Å². The largest absolute Gasteiger partial charge is 0.395 e. The van der Waals surface area contributed by atoms with Crippen LogP contribution >= 0.6 is 0 Å². The molecule has 0 atom stereocenters. The first-order chi connectivity index (χ1) is 5.82. The number of sulfone groups is 1. The zero-order valence-corrected chi connectivity index (χ0v) is 8.18. The molecule has 5 heteroatoms. The Morgan fingerprint density at radius 2 is 1.85 bits per heavy atom. The lowest BCUT2D eigenvalue weighted by molar-refractivity contribution is 0.356. The highest BCUT2D eigenvalue weighted by molar-refractivity contribution is 7.90. The van der Waals surface area contributed by atoms with Crippen molar-refractivity contribution in [2.24, 2.45) is 0 Å². The second-order valence-electron chi connectivity index (χ2n) is 2.95. The molecule has 0 amide bonds. The van der Waals surface area contributed by atoms with Crippen LogP contribution in [0.5, 0.6) is 5.75 Å². The number of aryl methyl sites for hydroxylation is 1. The molecule has 1 aromatic carbocycles. The van der Waals surface area contributed by atoms with Crippen molar-refractivity contribution >= 4 is 15.5 Å². The maximum Gasteiger partial charge on any atom is 0.203 e. The summed E-state index contributed by atoms with van der Waals surface area (Å²) in [7, 11) is -3.40. The van der Waals surface area contributed by atoms with Crippen LogP contribution in [0.25, 0.3) is 0 Å². The van der Waals surface area contributed by atoms with Crippen LogP contribution < -0.4 is 5.73 Å². The van der Waals surface area contributed by atoms with Gasteiger partial charge in [-0.15, -0.1) is 0 Å². The van der Waals surface area contributed by atoms with Crippen molar-refractivity contribution in [1.29, 1.82) is 0 Å². The van der Waals surface area contributed by atoms with E-state index >= 15 is 0 Å². The van der Waals surface area contributed by atoms with Gasteiger partial charge in [0.05, 0.1) is 10.6 Å². The van der Waals surface area contributed by atoms with Gasteiger partial charge in [0, 0.05) is 6.26 Å². The van der Waals surface area contributed by atoms with E-state index in [-0.39, 0.29) is 10.6 Å². The van der Waals surface area contributed by atoms with Crippen LogP contribution in [0.3, 0.4) is 0 Å². The van der Waals surface area contributed by atoms with Crippen LogP contribution in [0.15, 0.2) is 17.0 Å². The summed E-state index contributed by atoms with van der Waals surface area (Å²) in [5.41, 5.74) is 5.74. The lowest BCUT2D eigenvalue weighted by Crippen LogP contribution is -2.02. The quantitative estimate of drug-likeness (QED) is 0.690. The van der Waals surface area contributed by atoms with Crippen LogP contribution in [0.4, 0.5) is 5.69 Å². The van der Waals surface area contributed by atoms with Crippen LogP contribution in [0, 0.1) is 6.92 Å². The van der Waals surface area contributed by atoms with Crippen LogP contribution in [-0.4, -0.2) is 14.7 Å². The molecule has 1 rings (SSSR count). The van der Waals surface area contributed by atoms with Gasteiger partial charge >= 0.3 is 0 Å². The number of benzene rings is 1. The maximum absolute atomic E-state index is 11.1. The molecule has 4 nitrogen and oxygen atoms in total. The van der Waals surface area contributed by atoms with Gasteiger partial charge in [0.15, 0.2) is 9.84 Å². The summed E-state index contributed by atoms with van der Waals surface area (Å²) >= 11 is 0. The zero-order valence-electron chi connectivity index (χ0n) is 7.37. The molecule has 0 heterocycles. The number of hydrogen-bond donors (Lipinski definition) is 1. The maximum atomic E-state index is 11.1. The summed E-state index contributed by atoms with van der Waals surface area (Å²) < 4.78 is 22.3. The van der Waals surface area contributed by atoms with E-state index in [1.807, 2.05) is 0 Å². The molecule has 0 fully saturated rings. The van der Waals surface area contributed by atoms with E-state index in [2.05, 4.69) is 0 Å². The van der Waals surface area contributed by atoms with Gasteiger partial charge < -0.3 is 5.73 Å². The molecule has 71 valence electrons. The van der Waals surface area contributed by atoms with Crippen LogP contribution in [-0.2, 0) is 14.9 Å². The number of nitrogen functional groups attached to an aromatic ring is 1. The van der Waals surface area contributed by atoms with Crippen molar-refractivity contribution in [1.82, 2.24) is 0 Å². The van der Waals surface area contributed by atoms with Gasteiger partial charge in [0.1, 0.15) is 0 Å². The standard InChI is InChI=1S/C8H10NO3S/c1-5-3-6(10)8(9)7(4-5)13(2,11)12/h3-4H,9H2,1-2H3. The van der Waals surface area contributed by atoms with Gasteiger partial charge in [-0.2, -0.15) is 0 Å². The zero-order chi connectivity index (χ0) is 10.2. The monoisotopic (exact) mass is 200 g/mol. The molecule has 0 aromatic heterocycles. The van der Waals surface area contributed by atoms with Crippen molar-refractivity contribution in [2.75, 3.05) is 12.0 Å². The minimum Gasteiger partial charge on any atom is -0.395 e. The molecule has 1 aromatic rings.